The first-order valence-electron chi connectivity index (χ1n) is 8.50. The molecule has 3 rings (SSSR count). The van der Waals surface area contributed by atoms with Crippen LogP contribution in [0.5, 0.6) is 0 Å². The maximum Gasteiger partial charge on any atom is 0.219 e. The molecule has 1 unspecified atom stereocenters. The van der Waals surface area contributed by atoms with Crippen molar-refractivity contribution in [3.05, 3.63) is 71.1 Å². The Morgan fingerprint density at radius 2 is 1.96 bits per heavy atom. The topological polar surface area (TPSA) is 33.2 Å². The minimum atomic E-state index is 0.116. The first kappa shape index (κ1) is 16.4. The molecule has 0 fully saturated rings. The zero-order chi connectivity index (χ0) is 17.1. The van der Waals surface area contributed by atoms with Gasteiger partial charge in [0.1, 0.15) is 0 Å². The van der Waals surface area contributed by atoms with Crippen LogP contribution in [0.15, 0.2) is 54.2 Å². The zero-order valence-electron chi connectivity index (χ0n) is 14.6. The molecule has 1 amide bonds. The second kappa shape index (κ2) is 7.00. The summed E-state index contributed by atoms with van der Waals surface area (Å²) in [5.41, 5.74) is 6.65. The minimum Gasteiger partial charge on any atom is -0.346 e. The van der Waals surface area contributed by atoms with Gasteiger partial charge in [-0.15, -0.1) is 0 Å². The summed E-state index contributed by atoms with van der Waals surface area (Å²) in [7, 11) is 1.87. The molecule has 0 spiro atoms. The number of aromatic nitrogens is 1. The van der Waals surface area contributed by atoms with Gasteiger partial charge in [0.15, 0.2) is 0 Å². The summed E-state index contributed by atoms with van der Waals surface area (Å²) >= 11 is 0. The van der Waals surface area contributed by atoms with E-state index < -0.39 is 0 Å². The fraction of sp³-hybridized carbons (Fsp3) is 0.333. The standard InChI is InChI=1S/C21H24N2O/c1-15(20-10-6-7-12-22-20)21-18(11-13-23(3)16(2)24)14-17-8-4-5-9-19(17)21/h4-10,12,15H,11,13-14H2,1-3H3. The van der Waals surface area contributed by atoms with Crippen molar-refractivity contribution in [1.82, 2.24) is 9.88 Å². The molecule has 0 aliphatic heterocycles. The average molecular weight is 320 g/mol. The first-order chi connectivity index (χ1) is 11.6. The smallest absolute Gasteiger partial charge is 0.219 e. The van der Waals surface area contributed by atoms with Crippen molar-refractivity contribution < 1.29 is 4.79 Å². The maximum atomic E-state index is 11.5. The molecule has 1 aliphatic carbocycles. The molecule has 0 saturated carbocycles. The molecule has 2 aromatic rings. The molecule has 0 N–H and O–H groups in total. The second-order valence-electron chi connectivity index (χ2n) is 6.52. The van der Waals surface area contributed by atoms with E-state index in [0.29, 0.717) is 0 Å². The van der Waals surface area contributed by atoms with Gasteiger partial charge >= 0.3 is 0 Å². The van der Waals surface area contributed by atoms with Crippen molar-refractivity contribution in [1.29, 1.82) is 0 Å². The van der Waals surface area contributed by atoms with Gasteiger partial charge in [0.05, 0.1) is 0 Å². The van der Waals surface area contributed by atoms with E-state index in [1.165, 1.54) is 22.3 Å². The van der Waals surface area contributed by atoms with Crippen LogP contribution in [-0.4, -0.2) is 29.4 Å². The Labute approximate surface area is 144 Å². The SMILES string of the molecule is CC(=O)N(C)CCC1=C(C(C)c2ccccn2)c2ccccc2C1. The highest BCUT2D eigenvalue weighted by molar-refractivity contribution is 5.80. The van der Waals surface area contributed by atoms with Crippen molar-refractivity contribution in [3.63, 3.8) is 0 Å². The Hall–Kier alpha value is -2.42. The van der Waals surface area contributed by atoms with Gasteiger partial charge in [0, 0.05) is 38.3 Å². The molecule has 1 aromatic carbocycles. The summed E-state index contributed by atoms with van der Waals surface area (Å²) in [6.07, 6.45) is 3.75. The molecule has 124 valence electrons. The van der Waals surface area contributed by atoms with Crippen LogP contribution >= 0.6 is 0 Å². The number of carbonyl (C=O) groups excluding carboxylic acids is 1. The summed E-state index contributed by atoms with van der Waals surface area (Å²) in [6.45, 7) is 4.61. The third-order valence-electron chi connectivity index (χ3n) is 4.94. The molecule has 1 aromatic heterocycles. The summed E-state index contributed by atoms with van der Waals surface area (Å²) < 4.78 is 0. The third kappa shape index (κ3) is 3.25. The van der Waals surface area contributed by atoms with Gasteiger partial charge in [0.2, 0.25) is 5.91 Å². The molecule has 0 bridgehead atoms. The Morgan fingerprint density at radius 3 is 2.67 bits per heavy atom. The van der Waals surface area contributed by atoms with E-state index in [0.717, 1.165) is 25.1 Å². The second-order valence-corrected chi connectivity index (χ2v) is 6.52. The first-order valence-corrected chi connectivity index (χ1v) is 8.50. The number of allylic oxidation sites excluding steroid dienone is 1. The van der Waals surface area contributed by atoms with E-state index in [1.54, 1.807) is 11.8 Å². The highest BCUT2D eigenvalue weighted by Crippen LogP contribution is 2.42. The zero-order valence-corrected chi connectivity index (χ0v) is 14.6. The fourth-order valence-corrected chi connectivity index (χ4v) is 3.46. The normalized spacial score (nSPS) is 14.5. The van der Waals surface area contributed by atoms with Crippen LogP contribution in [0.4, 0.5) is 0 Å². The minimum absolute atomic E-state index is 0.116. The highest BCUT2D eigenvalue weighted by atomic mass is 16.2. The largest absolute Gasteiger partial charge is 0.346 e. The molecule has 3 heteroatoms. The Kier molecular flexibility index (Phi) is 4.79. The number of carbonyl (C=O) groups is 1. The molecule has 24 heavy (non-hydrogen) atoms. The van der Waals surface area contributed by atoms with E-state index in [2.05, 4.69) is 42.2 Å². The van der Waals surface area contributed by atoms with Gasteiger partial charge in [-0.05, 0) is 41.7 Å². The van der Waals surface area contributed by atoms with E-state index in [9.17, 15) is 4.79 Å². The monoisotopic (exact) mass is 320 g/mol. The number of fused-ring (bicyclic) bond motifs is 1. The number of hydrogen-bond acceptors (Lipinski definition) is 2. The Balaban J connectivity index is 1.94. The van der Waals surface area contributed by atoms with Gasteiger partial charge < -0.3 is 4.90 Å². The van der Waals surface area contributed by atoms with Crippen LogP contribution in [0.25, 0.3) is 5.57 Å². The lowest BCUT2D eigenvalue weighted by Gasteiger charge is -2.19. The van der Waals surface area contributed by atoms with Gasteiger partial charge in [-0.1, -0.05) is 42.8 Å². The molecule has 1 atom stereocenters. The lowest BCUT2D eigenvalue weighted by Crippen LogP contribution is -2.25. The number of hydrogen-bond donors (Lipinski definition) is 0. The number of benzene rings is 1. The Morgan fingerprint density at radius 1 is 1.21 bits per heavy atom. The molecular formula is C21H24N2O. The summed E-state index contributed by atoms with van der Waals surface area (Å²) in [6, 6.07) is 14.7. The van der Waals surface area contributed by atoms with Crippen molar-refractivity contribution >= 4 is 11.5 Å². The lowest BCUT2D eigenvalue weighted by molar-refractivity contribution is -0.127. The predicted molar refractivity (Wildman–Crippen MR) is 97.6 cm³/mol. The van der Waals surface area contributed by atoms with Gasteiger partial charge in [0.25, 0.3) is 0 Å². The molecule has 1 heterocycles. The number of rotatable bonds is 5. The van der Waals surface area contributed by atoms with Crippen LogP contribution in [0, 0.1) is 0 Å². The van der Waals surface area contributed by atoms with Crippen LogP contribution < -0.4 is 0 Å². The highest BCUT2D eigenvalue weighted by Gasteiger charge is 2.26. The summed E-state index contributed by atoms with van der Waals surface area (Å²) in [5.74, 6) is 0.373. The maximum absolute atomic E-state index is 11.5. The van der Waals surface area contributed by atoms with Crippen LogP contribution in [0.1, 0.15) is 43.0 Å². The average Bonchev–Trinajstić information content (AvgIpc) is 2.98. The predicted octanol–water partition coefficient (Wildman–Crippen LogP) is 4.06. The lowest BCUT2D eigenvalue weighted by atomic mass is 9.89. The van der Waals surface area contributed by atoms with E-state index in [1.807, 2.05) is 25.4 Å². The van der Waals surface area contributed by atoms with Crippen molar-refractivity contribution in [2.24, 2.45) is 0 Å². The van der Waals surface area contributed by atoms with Crippen LogP contribution in [0.3, 0.4) is 0 Å². The molecule has 1 aliphatic rings. The molecule has 3 nitrogen and oxygen atoms in total. The molecule has 0 radical (unpaired) electrons. The Bertz CT molecular complexity index is 764. The quantitative estimate of drug-likeness (QED) is 0.832. The summed E-state index contributed by atoms with van der Waals surface area (Å²) in [5, 5.41) is 0. The van der Waals surface area contributed by atoms with Gasteiger partial charge in [-0.25, -0.2) is 0 Å². The van der Waals surface area contributed by atoms with Gasteiger partial charge in [-0.3, -0.25) is 9.78 Å². The third-order valence-corrected chi connectivity index (χ3v) is 4.94. The fourth-order valence-electron chi connectivity index (χ4n) is 3.46. The van der Waals surface area contributed by atoms with E-state index in [4.69, 9.17) is 0 Å². The number of amides is 1. The number of pyridine rings is 1. The number of nitrogens with zero attached hydrogens (tertiary/aromatic N) is 2. The van der Waals surface area contributed by atoms with Crippen molar-refractivity contribution in [3.8, 4) is 0 Å². The van der Waals surface area contributed by atoms with Crippen LogP contribution in [0.2, 0.25) is 0 Å². The van der Waals surface area contributed by atoms with Crippen LogP contribution in [-0.2, 0) is 11.2 Å². The van der Waals surface area contributed by atoms with Crippen molar-refractivity contribution in [2.75, 3.05) is 13.6 Å². The molecular weight excluding hydrogens is 296 g/mol. The summed E-state index contributed by atoms with van der Waals surface area (Å²) in [4.78, 5) is 17.8. The van der Waals surface area contributed by atoms with Crippen molar-refractivity contribution in [2.45, 2.75) is 32.6 Å². The van der Waals surface area contributed by atoms with Gasteiger partial charge in [-0.2, -0.15) is 0 Å². The molecule has 0 saturated heterocycles. The van der Waals surface area contributed by atoms with E-state index >= 15 is 0 Å². The van der Waals surface area contributed by atoms with E-state index in [-0.39, 0.29) is 11.8 Å².